The van der Waals surface area contributed by atoms with Crippen LogP contribution in [0.1, 0.15) is 22.8 Å². The number of aromatic hydroxyl groups is 1. The Balaban J connectivity index is 2.48. The zero-order valence-electron chi connectivity index (χ0n) is 10.1. The van der Waals surface area contributed by atoms with E-state index in [4.69, 9.17) is 4.74 Å². The van der Waals surface area contributed by atoms with Crippen LogP contribution in [0.2, 0.25) is 0 Å². The number of sulfone groups is 1. The van der Waals surface area contributed by atoms with Crippen LogP contribution in [-0.4, -0.2) is 37.4 Å². The summed E-state index contributed by atoms with van der Waals surface area (Å²) in [6.45, 7) is 1.42. The van der Waals surface area contributed by atoms with Crippen molar-refractivity contribution >= 4 is 15.6 Å². The Bertz CT molecular complexity index is 603. The lowest BCUT2D eigenvalue weighted by molar-refractivity contribution is 0.101. The average Bonchev–Trinajstić information content (AvgIpc) is 2.27. The van der Waals surface area contributed by atoms with Crippen molar-refractivity contribution in [2.45, 2.75) is 18.6 Å². The van der Waals surface area contributed by atoms with Gasteiger partial charge in [-0.15, -0.1) is 0 Å². The van der Waals surface area contributed by atoms with Crippen molar-refractivity contribution in [3.05, 3.63) is 23.3 Å². The fourth-order valence-electron chi connectivity index (χ4n) is 1.98. The van der Waals surface area contributed by atoms with E-state index in [9.17, 15) is 18.3 Å². The summed E-state index contributed by atoms with van der Waals surface area (Å²) in [5.74, 6) is 0.00234. The molecular formula is C12H14O5S. The highest BCUT2D eigenvalue weighted by atomic mass is 32.2. The molecule has 1 atom stereocenters. The Morgan fingerprint density at radius 1 is 1.44 bits per heavy atom. The van der Waals surface area contributed by atoms with Crippen molar-refractivity contribution in [3.8, 4) is 11.5 Å². The Labute approximate surface area is 105 Å². The van der Waals surface area contributed by atoms with Gasteiger partial charge in [-0.25, -0.2) is 8.42 Å². The zero-order valence-corrected chi connectivity index (χ0v) is 11.0. The van der Waals surface area contributed by atoms with Gasteiger partial charge in [0.25, 0.3) is 0 Å². The van der Waals surface area contributed by atoms with Crippen LogP contribution >= 0.6 is 0 Å². The van der Waals surface area contributed by atoms with Crippen LogP contribution in [0, 0.1) is 0 Å². The number of carbonyl (C=O) groups excluding carboxylic acids is 1. The largest absolute Gasteiger partial charge is 0.507 e. The first-order valence-corrected chi connectivity index (χ1v) is 7.43. The molecule has 0 aromatic heterocycles. The highest BCUT2D eigenvalue weighted by Gasteiger charge is 2.30. The Hall–Kier alpha value is -1.56. The number of fused-ring (bicyclic) bond motifs is 1. The van der Waals surface area contributed by atoms with Gasteiger partial charge in [0.1, 0.15) is 18.1 Å². The second-order valence-electron chi connectivity index (χ2n) is 4.46. The average molecular weight is 270 g/mol. The van der Waals surface area contributed by atoms with Gasteiger partial charge >= 0.3 is 0 Å². The molecule has 0 aliphatic carbocycles. The highest BCUT2D eigenvalue weighted by Crippen LogP contribution is 2.36. The van der Waals surface area contributed by atoms with Crippen molar-refractivity contribution in [3.63, 3.8) is 0 Å². The second-order valence-corrected chi connectivity index (χ2v) is 6.79. The number of Topliss-reactive ketones (excluding diaryl/α,β-unsaturated/α-hetero) is 1. The maximum absolute atomic E-state index is 11.5. The van der Waals surface area contributed by atoms with Crippen LogP contribution in [0.15, 0.2) is 12.1 Å². The number of rotatable bonds is 2. The quantitative estimate of drug-likeness (QED) is 0.809. The van der Waals surface area contributed by atoms with E-state index >= 15 is 0 Å². The van der Waals surface area contributed by atoms with Gasteiger partial charge in [0.2, 0.25) is 0 Å². The lowest BCUT2D eigenvalue weighted by Crippen LogP contribution is -2.33. The number of carbonyl (C=O) groups is 1. The summed E-state index contributed by atoms with van der Waals surface area (Å²) in [5.41, 5.74) is 0.580. The molecular weight excluding hydrogens is 256 g/mol. The molecule has 1 unspecified atom stereocenters. The Morgan fingerprint density at radius 2 is 2.11 bits per heavy atom. The smallest absolute Gasteiger partial charge is 0.163 e. The van der Waals surface area contributed by atoms with E-state index in [0.717, 1.165) is 6.26 Å². The number of ketones is 1. The highest BCUT2D eigenvalue weighted by molar-refractivity contribution is 7.91. The normalized spacial score (nSPS) is 18.9. The third-order valence-electron chi connectivity index (χ3n) is 3.08. The summed E-state index contributed by atoms with van der Waals surface area (Å²) in [6, 6.07) is 3.07. The standard InChI is InChI=1S/C12H14O5S/c1-7(13)9-3-4-11-10(12(9)14)5-8(6-17-11)18(2,15)16/h3-4,8,14H,5-6H2,1-2H3. The monoisotopic (exact) mass is 270 g/mol. The van der Waals surface area contributed by atoms with Gasteiger partial charge in [-0.1, -0.05) is 0 Å². The van der Waals surface area contributed by atoms with Crippen LogP contribution in [0.5, 0.6) is 11.5 Å². The topological polar surface area (TPSA) is 80.7 Å². The third-order valence-corrected chi connectivity index (χ3v) is 4.59. The lowest BCUT2D eigenvalue weighted by Gasteiger charge is -2.25. The van der Waals surface area contributed by atoms with Gasteiger partial charge in [-0.2, -0.15) is 0 Å². The van der Waals surface area contributed by atoms with E-state index in [1.807, 2.05) is 0 Å². The van der Waals surface area contributed by atoms with E-state index in [1.54, 1.807) is 6.07 Å². The van der Waals surface area contributed by atoms with Gasteiger partial charge in [0.05, 0.1) is 10.8 Å². The van der Waals surface area contributed by atoms with Crippen LogP contribution in [0.4, 0.5) is 0 Å². The summed E-state index contributed by atoms with van der Waals surface area (Å²) in [4.78, 5) is 11.3. The molecule has 0 saturated carbocycles. The van der Waals surface area contributed by atoms with Crippen molar-refractivity contribution in [2.75, 3.05) is 12.9 Å². The molecule has 1 aliphatic rings. The molecule has 6 heteroatoms. The second kappa shape index (κ2) is 4.28. The van der Waals surface area contributed by atoms with Crippen LogP contribution in [0.3, 0.4) is 0 Å². The Morgan fingerprint density at radius 3 is 2.67 bits per heavy atom. The number of benzene rings is 1. The maximum Gasteiger partial charge on any atom is 0.163 e. The van der Waals surface area contributed by atoms with Gasteiger partial charge < -0.3 is 9.84 Å². The van der Waals surface area contributed by atoms with Gasteiger partial charge in [0.15, 0.2) is 15.6 Å². The number of hydrogen-bond acceptors (Lipinski definition) is 5. The minimum Gasteiger partial charge on any atom is -0.507 e. The predicted octanol–water partition coefficient (Wildman–Crippen LogP) is 0.943. The molecule has 1 aromatic rings. The van der Waals surface area contributed by atoms with E-state index < -0.39 is 15.1 Å². The van der Waals surface area contributed by atoms with Crippen LogP contribution in [0.25, 0.3) is 0 Å². The molecule has 1 heterocycles. The summed E-state index contributed by atoms with van der Waals surface area (Å²) in [6.07, 6.45) is 1.30. The molecule has 1 aliphatic heterocycles. The molecule has 0 fully saturated rings. The Kier molecular flexibility index (Phi) is 3.06. The molecule has 0 bridgehead atoms. The fraction of sp³-hybridized carbons (Fsp3) is 0.417. The molecule has 98 valence electrons. The summed E-state index contributed by atoms with van der Waals surface area (Å²) >= 11 is 0. The lowest BCUT2D eigenvalue weighted by atomic mass is 9.99. The molecule has 0 spiro atoms. The summed E-state index contributed by atoms with van der Waals surface area (Å²) < 4.78 is 28.3. The number of phenols is 1. The minimum absolute atomic E-state index is 0.0741. The number of ether oxygens (including phenoxy) is 1. The summed E-state index contributed by atoms with van der Waals surface area (Å²) in [5, 5.41) is 9.31. The van der Waals surface area contributed by atoms with E-state index in [2.05, 4.69) is 0 Å². The molecule has 18 heavy (non-hydrogen) atoms. The first-order chi connectivity index (χ1) is 8.30. The SMILES string of the molecule is CC(=O)c1ccc2c(c1O)CC(S(C)(=O)=O)CO2. The minimum atomic E-state index is -3.24. The number of phenolic OH excluding ortho intramolecular Hbond substituents is 1. The van der Waals surface area contributed by atoms with Crippen molar-refractivity contribution < 1.29 is 23.1 Å². The first kappa shape index (κ1) is 12.9. The molecule has 0 radical (unpaired) electrons. The molecule has 0 saturated heterocycles. The van der Waals surface area contributed by atoms with Crippen molar-refractivity contribution in [1.82, 2.24) is 0 Å². The third kappa shape index (κ3) is 2.20. The van der Waals surface area contributed by atoms with Gasteiger partial charge in [-0.3, -0.25) is 4.79 Å². The maximum atomic E-state index is 11.5. The summed E-state index contributed by atoms with van der Waals surface area (Å²) in [7, 11) is -3.24. The van der Waals surface area contributed by atoms with E-state index in [-0.39, 0.29) is 30.1 Å². The predicted molar refractivity (Wildman–Crippen MR) is 65.9 cm³/mol. The number of hydrogen-bond donors (Lipinski definition) is 1. The van der Waals surface area contributed by atoms with Crippen molar-refractivity contribution in [2.24, 2.45) is 0 Å². The van der Waals surface area contributed by atoms with Crippen LogP contribution in [-0.2, 0) is 16.3 Å². The van der Waals surface area contributed by atoms with E-state index in [0.29, 0.717) is 11.3 Å². The van der Waals surface area contributed by atoms with Gasteiger partial charge in [0, 0.05) is 11.8 Å². The van der Waals surface area contributed by atoms with E-state index in [1.165, 1.54) is 13.0 Å². The zero-order chi connectivity index (χ0) is 13.5. The van der Waals surface area contributed by atoms with Gasteiger partial charge in [-0.05, 0) is 25.5 Å². The first-order valence-electron chi connectivity index (χ1n) is 5.48. The van der Waals surface area contributed by atoms with Crippen molar-refractivity contribution in [1.29, 1.82) is 0 Å². The molecule has 5 nitrogen and oxygen atoms in total. The fourth-order valence-corrected chi connectivity index (χ4v) is 2.76. The molecule has 1 N–H and O–H groups in total. The molecule has 2 rings (SSSR count). The van der Waals surface area contributed by atoms with Crippen LogP contribution < -0.4 is 4.74 Å². The molecule has 1 aromatic carbocycles. The molecule has 0 amide bonds.